The van der Waals surface area contributed by atoms with Crippen LogP contribution in [0.25, 0.3) is 10.4 Å². The number of thiophene rings is 1. The highest BCUT2D eigenvalue weighted by Crippen LogP contribution is 2.34. The van der Waals surface area contributed by atoms with E-state index in [0.717, 1.165) is 21.6 Å². The lowest BCUT2D eigenvalue weighted by molar-refractivity contribution is -0.153. The van der Waals surface area contributed by atoms with E-state index in [4.69, 9.17) is 32.7 Å². The van der Waals surface area contributed by atoms with Crippen molar-refractivity contribution < 1.29 is 24.2 Å². The summed E-state index contributed by atoms with van der Waals surface area (Å²) in [6.45, 7) is 7.63. The molecule has 2 aromatic carbocycles. The molecule has 1 aromatic heterocycles. The molecule has 0 aliphatic rings. The summed E-state index contributed by atoms with van der Waals surface area (Å²) >= 11 is 13.9. The predicted molar refractivity (Wildman–Crippen MR) is 144 cm³/mol. The fourth-order valence-corrected chi connectivity index (χ4v) is 5.01. The van der Waals surface area contributed by atoms with E-state index in [1.807, 2.05) is 44.2 Å². The molecule has 2 N–H and O–H groups in total. The van der Waals surface area contributed by atoms with Crippen molar-refractivity contribution in [2.45, 2.75) is 59.0 Å². The number of benzene rings is 2. The normalized spacial score (nSPS) is 12.1. The molecular weight excluding hydrogens is 521 g/mol. The lowest BCUT2D eigenvalue weighted by atomic mass is 9.99. The molecular formula is C27H29Cl2NO5S. The first-order chi connectivity index (χ1) is 17.0. The zero-order valence-corrected chi connectivity index (χ0v) is 22.8. The number of nitrogens with one attached hydrogen (secondary N) is 1. The molecule has 0 aliphatic heterocycles. The quantitative estimate of drug-likeness (QED) is 0.273. The Bertz CT molecular complexity index is 1220. The van der Waals surface area contributed by atoms with E-state index < -0.39 is 12.1 Å². The van der Waals surface area contributed by atoms with Crippen LogP contribution in [0.5, 0.6) is 5.75 Å². The number of carboxylic acids is 1. The summed E-state index contributed by atoms with van der Waals surface area (Å²) in [4.78, 5) is 25.6. The molecule has 0 saturated heterocycles. The molecule has 1 heterocycles. The van der Waals surface area contributed by atoms with Gasteiger partial charge >= 0.3 is 5.97 Å². The molecule has 1 unspecified atom stereocenters. The van der Waals surface area contributed by atoms with Crippen LogP contribution < -0.4 is 10.1 Å². The van der Waals surface area contributed by atoms with Crippen molar-refractivity contribution in [3.8, 4) is 16.2 Å². The largest absolute Gasteiger partial charge is 0.491 e. The third-order valence-electron chi connectivity index (χ3n) is 5.14. The molecule has 3 rings (SSSR count). The topological polar surface area (TPSA) is 84.9 Å². The molecule has 0 radical (unpaired) electrons. The minimum absolute atomic E-state index is 0.0103. The summed E-state index contributed by atoms with van der Waals surface area (Å²) < 4.78 is 11.8. The Balaban J connectivity index is 1.85. The molecule has 36 heavy (non-hydrogen) atoms. The van der Waals surface area contributed by atoms with Gasteiger partial charge in [-0.15, -0.1) is 11.3 Å². The number of aliphatic carboxylic acids is 1. The number of ether oxygens (including phenoxy) is 2. The van der Waals surface area contributed by atoms with Crippen LogP contribution in [0.4, 0.5) is 0 Å². The van der Waals surface area contributed by atoms with Crippen molar-refractivity contribution in [3.05, 3.63) is 74.6 Å². The summed E-state index contributed by atoms with van der Waals surface area (Å²) in [5.41, 5.74) is 2.84. The molecule has 0 aliphatic carbocycles. The maximum absolute atomic E-state index is 12.9. The summed E-state index contributed by atoms with van der Waals surface area (Å²) in [5, 5.41) is 12.8. The highest BCUT2D eigenvalue weighted by molar-refractivity contribution is 7.19. The van der Waals surface area contributed by atoms with Gasteiger partial charge in [-0.3, -0.25) is 4.79 Å². The Labute approximate surface area is 225 Å². The number of hydrogen-bond donors (Lipinski definition) is 2. The number of rotatable bonds is 11. The second-order valence-corrected chi connectivity index (χ2v) is 10.9. The van der Waals surface area contributed by atoms with E-state index >= 15 is 0 Å². The van der Waals surface area contributed by atoms with Gasteiger partial charge in [0.15, 0.2) is 6.10 Å². The Morgan fingerprint density at radius 3 is 2.33 bits per heavy atom. The first-order valence-corrected chi connectivity index (χ1v) is 13.1. The minimum Gasteiger partial charge on any atom is -0.491 e. The highest BCUT2D eigenvalue weighted by Gasteiger charge is 2.21. The monoisotopic (exact) mass is 549 g/mol. The summed E-state index contributed by atoms with van der Waals surface area (Å²) in [6, 6.07) is 14.4. The van der Waals surface area contributed by atoms with E-state index in [0.29, 0.717) is 20.7 Å². The molecule has 1 atom stereocenters. The zero-order valence-electron chi connectivity index (χ0n) is 20.5. The molecule has 0 fully saturated rings. The summed E-state index contributed by atoms with van der Waals surface area (Å²) in [7, 11) is 0. The number of carbonyl (C=O) groups excluding carboxylic acids is 1. The molecule has 0 saturated carbocycles. The van der Waals surface area contributed by atoms with Crippen LogP contribution in [-0.2, 0) is 22.5 Å². The summed E-state index contributed by atoms with van der Waals surface area (Å²) in [6.07, 6.45) is -1.01. The molecule has 0 bridgehead atoms. The molecule has 9 heteroatoms. The predicted octanol–water partition coefficient (Wildman–Crippen LogP) is 6.86. The van der Waals surface area contributed by atoms with Crippen LogP contribution in [0.1, 0.15) is 49.2 Å². The average molecular weight is 551 g/mol. The van der Waals surface area contributed by atoms with Gasteiger partial charge in [0, 0.05) is 17.8 Å². The van der Waals surface area contributed by atoms with E-state index in [9.17, 15) is 14.7 Å². The van der Waals surface area contributed by atoms with Gasteiger partial charge in [-0.1, -0.05) is 41.4 Å². The Kier molecular flexibility index (Phi) is 9.79. The van der Waals surface area contributed by atoms with Gasteiger partial charge < -0.3 is 19.9 Å². The van der Waals surface area contributed by atoms with Crippen molar-refractivity contribution in [1.29, 1.82) is 0 Å². The van der Waals surface area contributed by atoms with Crippen molar-refractivity contribution in [1.82, 2.24) is 5.32 Å². The van der Waals surface area contributed by atoms with Crippen LogP contribution in [0.2, 0.25) is 9.36 Å². The molecule has 192 valence electrons. The fraction of sp³-hybridized carbons (Fsp3) is 0.333. The van der Waals surface area contributed by atoms with Gasteiger partial charge in [0.25, 0.3) is 5.91 Å². The van der Waals surface area contributed by atoms with Gasteiger partial charge in [0.05, 0.1) is 27.1 Å². The smallest absolute Gasteiger partial charge is 0.333 e. The van der Waals surface area contributed by atoms with Crippen LogP contribution in [0.3, 0.4) is 0 Å². The van der Waals surface area contributed by atoms with Gasteiger partial charge in [0.2, 0.25) is 0 Å². The third-order valence-corrected chi connectivity index (χ3v) is 6.71. The average Bonchev–Trinajstić information content (AvgIpc) is 3.22. The van der Waals surface area contributed by atoms with Crippen LogP contribution in [0, 0.1) is 0 Å². The maximum Gasteiger partial charge on any atom is 0.333 e. The number of halogens is 2. The number of carbonyl (C=O) groups is 2. The third kappa shape index (κ3) is 7.71. The van der Waals surface area contributed by atoms with E-state index in [2.05, 4.69) is 5.32 Å². The first-order valence-electron chi connectivity index (χ1n) is 11.5. The number of amides is 1. The SMILES string of the molecule is CC(C)Oc1ccc(C(=O)NCc2cc(CC(OC(C)C)C(=O)O)ccc2-c2ccc(Cl)s2)c(Cl)c1. The van der Waals surface area contributed by atoms with Gasteiger partial charge in [-0.2, -0.15) is 0 Å². The Hall–Kier alpha value is -2.58. The van der Waals surface area contributed by atoms with Gasteiger partial charge in [0.1, 0.15) is 5.75 Å². The molecule has 0 spiro atoms. The van der Waals surface area contributed by atoms with E-state index in [-0.39, 0.29) is 31.1 Å². The highest BCUT2D eigenvalue weighted by atomic mass is 35.5. The van der Waals surface area contributed by atoms with Gasteiger partial charge in [-0.25, -0.2) is 4.79 Å². The van der Waals surface area contributed by atoms with Crippen LogP contribution >= 0.6 is 34.5 Å². The van der Waals surface area contributed by atoms with Crippen molar-refractivity contribution in [2.24, 2.45) is 0 Å². The van der Waals surface area contributed by atoms with Crippen LogP contribution in [-0.4, -0.2) is 35.3 Å². The standard InChI is InChI=1S/C27H29Cl2NO5S/c1-15(2)34-19-6-8-21(22(28)13-19)26(31)30-14-18-11-17(12-23(27(32)33)35-16(3)4)5-7-20(18)24-9-10-25(29)36-24/h5-11,13,15-16,23H,12,14H2,1-4H3,(H,30,31)(H,32,33). The first kappa shape index (κ1) is 28.0. The summed E-state index contributed by atoms with van der Waals surface area (Å²) in [5.74, 6) is -0.761. The van der Waals surface area contributed by atoms with Crippen molar-refractivity contribution in [2.75, 3.05) is 0 Å². The number of hydrogen-bond acceptors (Lipinski definition) is 5. The maximum atomic E-state index is 12.9. The minimum atomic E-state index is -1.02. The molecule has 1 amide bonds. The Morgan fingerprint density at radius 2 is 1.75 bits per heavy atom. The van der Waals surface area contributed by atoms with E-state index in [1.165, 1.54) is 11.3 Å². The Morgan fingerprint density at radius 1 is 1.00 bits per heavy atom. The second kappa shape index (κ2) is 12.6. The van der Waals surface area contributed by atoms with Crippen molar-refractivity contribution >= 4 is 46.4 Å². The van der Waals surface area contributed by atoms with Crippen molar-refractivity contribution in [3.63, 3.8) is 0 Å². The molecule has 3 aromatic rings. The van der Waals surface area contributed by atoms with Gasteiger partial charge in [-0.05, 0) is 74.7 Å². The van der Waals surface area contributed by atoms with Crippen LogP contribution in [0.15, 0.2) is 48.5 Å². The lowest BCUT2D eigenvalue weighted by Gasteiger charge is -2.18. The lowest BCUT2D eigenvalue weighted by Crippen LogP contribution is -2.29. The van der Waals surface area contributed by atoms with E-state index in [1.54, 1.807) is 32.0 Å². The second-order valence-electron chi connectivity index (χ2n) is 8.80. The number of carboxylic acid groups (broad SMARTS) is 1. The fourth-order valence-electron chi connectivity index (χ4n) is 3.65. The zero-order chi connectivity index (χ0) is 26.4. The molecule has 6 nitrogen and oxygen atoms in total.